The van der Waals surface area contributed by atoms with Crippen molar-refractivity contribution >= 4 is 17.5 Å². The maximum atomic E-state index is 12.6. The third kappa shape index (κ3) is 6.57. The molecule has 7 nitrogen and oxygen atoms in total. The van der Waals surface area contributed by atoms with Gasteiger partial charge in [-0.25, -0.2) is 0 Å². The molecule has 1 fully saturated rings. The van der Waals surface area contributed by atoms with E-state index >= 15 is 0 Å². The fourth-order valence-corrected chi connectivity index (χ4v) is 3.75. The van der Waals surface area contributed by atoms with Crippen molar-refractivity contribution in [3.8, 4) is 5.75 Å². The Kier molecular flexibility index (Phi) is 7.82. The zero-order chi connectivity index (χ0) is 21.3. The number of quaternary nitrogens is 2. The second-order valence-electron chi connectivity index (χ2n) is 7.87. The fraction of sp³-hybridized carbons (Fsp3) is 0.391. The summed E-state index contributed by atoms with van der Waals surface area (Å²) in [6, 6.07) is 17.7. The Hall–Kier alpha value is -2.90. The van der Waals surface area contributed by atoms with E-state index in [0.717, 1.165) is 32.7 Å². The minimum Gasteiger partial charge on any atom is -0.497 e. The average Bonchev–Trinajstić information content (AvgIpc) is 2.76. The Morgan fingerprint density at radius 1 is 1.00 bits per heavy atom. The number of rotatable bonds is 8. The first-order chi connectivity index (χ1) is 14.5. The van der Waals surface area contributed by atoms with Crippen molar-refractivity contribution in [3.05, 3.63) is 60.2 Å². The van der Waals surface area contributed by atoms with E-state index in [0.29, 0.717) is 18.0 Å². The van der Waals surface area contributed by atoms with Crippen LogP contribution in [-0.4, -0.2) is 70.1 Å². The molecule has 3 N–H and O–H groups in total. The van der Waals surface area contributed by atoms with Crippen LogP contribution >= 0.6 is 0 Å². The number of benzene rings is 2. The quantitative estimate of drug-likeness (QED) is 0.525. The average molecular weight is 413 g/mol. The van der Waals surface area contributed by atoms with Crippen LogP contribution < -0.4 is 19.9 Å². The predicted molar refractivity (Wildman–Crippen MR) is 116 cm³/mol. The highest BCUT2D eigenvalue weighted by atomic mass is 16.5. The third-order valence-electron chi connectivity index (χ3n) is 5.52. The number of hydrogen-bond donors (Lipinski definition) is 3. The van der Waals surface area contributed by atoms with Crippen molar-refractivity contribution in [1.29, 1.82) is 0 Å². The topological polar surface area (TPSA) is 67.5 Å². The molecule has 2 amide bonds. The molecule has 1 aliphatic heterocycles. The highest BCUT2D eigenvalue weighted by Crippen LogP contribution is 2.16. The van der Waals surface area contributed by atoms with Gasteiger partial charge in [-0.1, -0.05) is 36.4 Å². The van der Waals surface area contributed by atoms with Gasteiger partial charge in [0.25, 0.3) is 5.91 Å². The van der Waals surface area contributed by atoms with Gasteiger partial charge in [0.2, 0.25) is 5.91 Å². The Bertz CT molecular complexity index is 835. The van der Waals surface area contributed by atoms with E-state index in [1.54, 1.807) is 31.2 Å². The van der Waals surface area contributed by atoms with Crippen molar-refractivity contribution in [2.24, 2.45) is 0 Å². The summed E-state index contributed by atoms with van der Waals surface area (Å²) < 4.78 is 5.16. The van der Waals surface area contributed by atoms with Gasteiger partial charge in [0.05, 0.1) is 13.7 Å². The molecule has 0 bridgehead atoms. The summed E-state index contributed by atoms with van der Waals surface area (Å²) in [6.45, 7) is 5.55. The Balaban J connectivity index is 1.39. The van der Waals surface area contributed by atoms with Crippen LogP contribution in [0.2, 0.25) is 0 Å². The highest BCUT2D eigenvalue weighted by molar-refractivity contribution is 5.94. The normalized spacial score (nSPS) is 18.5. The zero-order valence-electron chi connectivity index (χ0n) is 17.8. The smallest absolute Gasteiger partial charge is 0.277 e. The number of piperazine rings is 1. The minimum atomic E-state index is -0.216. The first-order valence-electron chi connectivity index (χ1n) is 10.4. The maximum absolute atomic E-state index is 12.6. The van der Waals surface area contributed by atoms with E-state index in [9.17, 15) is 9.59 Å². The fourth-order valence-electron chi connectivity index (χ4n) is 3.75. The van der Waals surface area contributed by atoms with Crippen LogP contribution in [0.1, 0.15) is 5.56 Å². The van der Waals surface area contributed by atoms with Gasteiger partial charge in [-0.3, -0.25) is 9.59 Å². The summed E-state index contributed by atoms with van der Waals surface area (Å²) in [5, 5.41) is 2.81. The maximum Gasteiger partial charge on any atom is 0.277 e. The molecule has 0 saturated carbocycles. The number of amides is 2. The van der Waals surface area contributed by atoms with Crippen LogP contribution in [0, 0.1) is 0 Å². The van der Waals surface area contributed by atoms with Crippen molar-refractivity contribution in [2.45, 2.75) is 6.54 Å². The number of carbonyl (C=O) groups is 2. The lowest BCUT2D eigenvalue weighted by Crippen LogP contribution is -3.28. The van der Waals surface area contributed by atoms with Crippen LogP contribution in [0.5, 0.6) is 5.75 Å². The van der Waals surface area contributed by atoms with Crippen molar-refractivity contribution < 1.29 is 24.1 Å². The lowest BCUT2D eigenvalue weighted by molar-refractivity contribution is -1.02. The van der Waals surface area contributed by atoms with Gasteiger partial charge in [0.1, 0.15) is 38.5 Å². The molecule has 0 unspecified atom stereocenters. The van der Waals surface area contributed by atoms with Crippen molar-refractivity contribution in [2.75, 3.05) is 58.7 Å². The van der Waals surface area contributed by atoms with E-state index in [4.69, 9.17) is 4.74 Å². The molecule has 2 aromatic rings. The van der Waals surface area contributed by atoms with Crippen LogP contribution in [0.15, 0.2) is 54.6 Å². The van der Waals surface area contributed by atoms with Crippen molar-refractivity contribution in [1.82, 2.24) is 4.90 Å². The molecule has 1 aliphatic rings. The molecular weight excluding hydrogens is 380 g/mol. The summed E-state index contributed by atoms with van der Waals surface area (Å²) in [7, 11) is 3.27. The molecule has 0 aromatic heterocycles. The molecule has 2 aromatic carbocycles. The molecule has 7 heteroatoms. The summed E-state index contributed by atoms with van der Waals surface area (Å²) >= 11 is 0. The van der Waals surface area contributed by atoms with E-state index in [2.05, 4.69) is 29.6 Å². The van der Waals surface area contributed by atoms with Crippen molar-refractivity contribution in [3.63, 3.8) is 0 Å². The third-order valence-corrected chi connectivity index (χ3v) is 5.52. The zero-order valence-corrected chi connectivity index (χ0v) is 17.8. The Labute approximate surface area is 178 Å². The summed E-state index contributed by atoms with van der Waals surface area (Å²) in [4.78, 5) is 29.2. The first-order valence-corrected chi connectivity index (χ1v) is 10.4. The largest absolute Gasteiger partial charge is 0.497 e. The number of carbonyl (C=O) groups excluding carboxylic acids is 2. The van der Waals surface area contributed by atoms with E-state index in [1.807, 2.05) is 18.2 Å². The summed E-state index contributed by atoms with van der Waals surface area (Å²) in [6.07, 6.45) is 0. The molecule has 30 heavy (non-hydrogen) atoms. The number of likely N-dealkylation sites (N-methyl/N-ethyl adjacent to an activating group) is 1. The van der Waals surface area contributed by atoms with Gasteiger partial charge in [-0.2, -0.15) is 0 Å². The van der Waals surface area contributed by atoms with Crippen LogP contribution in [0.25, 0.3) is 0 Å². The van der Waals surface area contributed by atoms with Gasteiger partial charge in [0.15, 0.2) is 6.54 Å². The monoisotopic (exact) mass is 412 g/mol. The Morgan fingerprint density at radius 3 is 2.40 bits per heavy atom. The van der Waals surface area contributed by atoms with Crippen LogP contribution in [0.4, 0.5) is 5.69 Å². The number of nitrogens with zero attached hydrogens (tertiary/aromatic N) is 1. The molecule has 1 saturated heterocycles. The molecule has 0 spiro atoms. The standard InChI is InChI=1S/C23H30N4O3/c1-25(17-22(28)24-20-9-6-10-21(15-20)30-2)23(29)18-27-13-11-26(12-14-27)16-19-7-4-3-5-8-19/h3-10,15H,11-14,16-18H2,1-2H3,(H,24,28)/p+2. The van der Waals surface area contributed by atoms with E-state index < -0.39 is 0 Å². The highest BCUT2D eigenvalue weighted by Gasteiger charge is 2.26. The van der Waals surface area contributed by atoms with Crippen LogP contribution in [0.3, 0.4) is 0 Å². The Morgan fingerprint density at radius 2 is 1.70 bits per heavy atom. The van der Waals surface area contributed by atoms with Crippen LogP contribution in [-0.2, 0) is 16.1 Å². The van der Waals surface area contributed by atoms with Gasteiger partial charge in [-0.15, -0.1) is 0 Å². The molecule has 160 valence electrons. The molecule has 0 aliphatic carbocycles. The first kappa shape index (κ1) is 21.8. The van der Waals surface area contributed by atoms with E-state index in [-0.39, 0.29) is 18.4 Å². The lowest BCUT2D eigenvalue weighted by atomic mass is 10.2. The SMILES string of the molecule is COc1cccc(NC(=O)CN(C)C(=O)C[NH+]2CC[NH+](Cc3ccccc3)CC2)c1. The van der Waals surface area contributed by atoms with Gasteiger partial charge in [-0.05, 0) is 12.1 Å². The molecular formula is C23H32N4O3+2. The molecule has 0 radical (unpaired) electrons. The lowest BCUT2D eigenvalue weighted by Gasteiger charge is -2.30. The number of hydrogen-bond acceptors (Lipinski definition) is 3. The molecule has 1 heterocycles. The van der Waals surface area contributed by atoms with Gasteiger partial charge >= 0.3 is 0 Å². The molecule has 0 atom stereocenters. The second kappa shape index (κ2) is 10.8. The molecule has 3 rings (SSSR count). The number of ether oxygens (including phenoxy) is 1. The minimum absolute atomic E-state index is 0.00250. The number of nitrogens with one attached hydrogen (secondary N) is 3. The number of anilines is 1. The van der Waals surface area contributed by atoms with Gasteiger partial charge < -0.3 is 24.8 Å². The second-order valence-corrected chi connectivity index (χ2v) is 7.87. The van der Waals surface area contributed by atoms with Gasteiger partial charge in [0, 0.05) is 24.4 Å². The number of methoxy groups -OCH3 is 1. The van der Waals surface area contributed by atoms with E-state index in [1.165, 1.54) is 15.4 Å². The summed E-state index contributed by atoms with van der Waals surface area (Å²) in [5.41, 5.74) is 2.01. The predicted octanol–water partition coefficient (Wildman–Crippen LogP) is -0.924. The summed E-state index contributed by atoms with van der Waals surface area (Å²) in [5.74, 6) is 0.456.